The number of aromatic nitrogens is 3. The molecule has 0 aliphatic carbocycles. The Labute approximate surface area is 147 Å². The van der Waals surface area contributed by atoms with Gasteiger partial charge in [0.2, 0.25) is 0 Å². The zero-order chi connectivity index (χ0) is 16.7. The molecule has 0 amide bonds. The first-order valence-corrected chi connectivity index (χ1v) is 8.74. The number of hydrogen-bond donors (Lipinski definition) is 1. The van der Waals surface area contributed by atoms with Gasteiger partial charge in [0.1, 0.15) is 10.7 Å². The summed E-state index contributed by atoms with van der Waals surface area (Å²) >= 11 is 7.41. The minimum Gasteiger partial charge on any atom is -0.842 e. The molecule has 1 N–H and O–H groups in total. The quantitative estimate of drug-likeness (QED) is 0.564. The van der Waals surface area contributed by atoms with Crippen molar-refractivity contribution >= 4 is 23.4 Å². The van der Waals surface area contributed by atoms with E-state index < -0.39 is 0 Å². The highest BCUT2D eigenvalue weighted by Crippen LogP contribution is 2.34. The second-order valence-corrected chi connectivity index (χ2v) is 6.85. The van der Waals surface area contributed by atoms with Crippen molar-refractivity contribution < 1.29 is 9.67 Å². The number of nitrogens with one attached hydrogen (secondary N) is 1. The topological polar surface area (TPSA) is 72.7 Å². The van der Waals surface area contributed by atoms with E-state index in [9.17, 15) is 9.90 Å². The van der Waals surface area contributed by atoms with Crippen LogP contribution in [0.15, 0.2) is 53.5 Å². The molecule has 1 aromatic carbocycles. The first-order chi connectivity index (χ1) is 11.6. The molecule has 1 unspecified atom stereocenters. The molecule has 24 heavy (non-hydrogen) atoms. The zero-order valence-corrected chi connectivity index (χ0v) is 14.0. The molecule has 7 heteroatoms. The van der Waals surface area contributed by atoms with Crippen molar-refractivity contribution in [3.8, 4) is 17.0 Å². The maximum atomic E-state index is 13.0. The van der Waals surface area contributed by atoms with Crippen LogP contribution in [-0.2, 0) is 5.75 Å². The van der Waals surface area contributed by atoms with Gasteiger partial charge in [-0.05, 0) is 17.7 Å². The molecule has 2 aromatic heterocycles. The van der Waals surface area contributed by atoms with Crippen LogP contribution in [-0.4, -0.2) is 9.97 Å². The second-order valence-electron chi connectivity index (χ2n) is 5.39. The lowest BCUT2D eigenvalue weighted by Gasteiger charge is -2.13. The van der Waals surface area contributed by atoms with Crippen molar-refractivity contribution in [2.24, 2.45) is 0 Å². The van der Waals surface area contributed by atoms with Gasteiger partial charge in [0.15, 0.2) is 5.37 Å². The number of halogens is 1. The minimum absolute atomic E-state index is 0.161. The van der Waals surface area contributed by atoms with E-state index >= 15 is 0 Å². The third-order valence-corrected chi connectivity index (χ3v) is 5.38. The predicted octanol–water partition coefficient (Wildman–Crippen LogP) is 2.25. The summed E-state index contributed by atoms with van der Waals surface area (Å²) in [5.74, 6) is 0.829. The second kappa shape index (κ2) is 5.96. The maximum Gasteiger partial charge on any atom is 0.345 e. The molecule has 1 atom stereocenters. The van der Waals surface area contributed by atoms with Crippen LogP contribution in [0.5, 0.6) is 5.88 Å². The summed E-state index contributed by atoms with van der Waals surface area (Å²) in [6.45, 7) is 0. The summed E-state index contributed by atoms with van der Waals surface area (Å²) < 4.78 is 1.64. The summed E-state index contributed by atoms with van der Waals surface area (Å²) in [5.41, 5.74) is 1.36. The van der Waals surface area contributed by atoms with Gasteiger partial charge < -0.3 is 5.11 Å². The normalized spacial score (nSPS) is 16.1. The van der Waals surface area contributed by atoms with Crippen LogP contribution in [0, 0.1) is 0 Å². The van der Waals surface area contributed by atoms with Gasteiger partial charge in [-0.1, -0.05) is 53.7 Å². The third kappa shape index (κ3) is 2.48. The molecule has 120 valence electrons. The number of thioether (sulfide) groups is 1. The highest BCUT2D eigenvalue weighted by atomic mass is 35.5. The minimum atomic E-state index is -0.354. The predicted molar refractivity (Wildman–Crippen MR) is 90.8 cm³/mol. The lowest BCUT2D eigenvalue weighted by Crippen LogP contribution is -2.54. The fraction of sp³-hybridized carbons (Fsp3) is 0.118. The molecular formula is C17H12ClN3O2S. The molecule has 4 rings (SSSR count). The zero-order valence-electron chi connectivity index (χ0n) is 12.4. The van der Waals surface area contributed by atoms with E-state index in [-0.39, 0.29) is 22.4 Å². The van der Waals surface area contributed by atoms with Crippen LogP contribution < -0.4 is 15.2 Å². The lowest BCUT2D eigenvalue weighted by atomic mass is 10.1. The summed E-state index contributed by atoms with van der Waals surface area (Å²) in [4.78, 5) is 20.0. The maximum absolute atomic E-state index is 13.0. The Hall–Kier alpha value is -2.31. The summed E-state index contributed by atoms with van der Waals surface area (Å²) in [6.07, 6.45) is 1.66. The van der Waals surface area contributed by atoms with E-state index in [0.29, 0.717) is 22.3 Å². The number of benzene rings is 1. The van der Waals surface area contributed by atoms with Gasteiger partial charge >= 0.3 is 5.56 Å². The first kappa shape index (κ1) is 15.2. The Kier molecular flexibility index (Phi) is 3.78. The van der Waals surface area contributed by atoms with Crippen molar-refractivity contribution in [1.82, 2.24) is 9.97 Å². The van der Waals surface area contributed by atoms with Crippen molar-refractivity contribution in [2.75, 3.05) is 0 Å². The Morgan fingerprint density at radius 2 is 2.04 bits per heavy atom. The van der Waals surface area contributed by atoms with Crippen LogP contribution in [0.4, 0.5) is 0 Å². The Balaban J connectivity index is 1.89. The number of fused-ring (bicyclic) bond motifs is 1. The van der Waals surface area contributed by atoms with E-state index in [2.05, 4.69) is 9.97 Å². The average molecular weight is 358 g/mol. The van der Waals surface area contributed by atoms with E-state index in [0.717, 1.165) is 5.56 Å². The largest absolute Gasteiger partial charge is 0.842 e. The van der Waals surface area contributed by atoms with Crippen LogP contribution >= 0.6 is 23.4 Å². The Bertz CT molecular complexity index is 958. The highest BCUT2D eigenvalue weighted by molar-refractivity contribution is 7.98. The molecule has 0 saturated heterocycles. The standard InChI is InChI=1S/C17H12ClN3O2S/c18-12-7-6-11(8-19-12)17-21-13(9-24-17)20-15(22)14(16(21)23)10-4-2-1-3-5-10/h1-8,17H,9H2,(H,22,23). The monoisotopic (exact) mass is 357 g/mol. The van der Waals surface area contributed by atoms with Crippen LogP contribution in [0.3, 0.4) is 0 Å². The number of aromatic amines is 1. The van der Waals surface area contributed by atoms with Gasteiger partial charge in [0.25, 0.3) is 5.82 Å². The van der Waals surface area contributed by atoms with Gasteiger partial charge in [-0.2, -0.15) is 4.57 Å². The lowest BCUT2D eigenvalue weighted by molar-refractivity contribution is -0.709. The van der Waals surface area contributed by atoms with Gasteiger partial charge in [-0.3, -0.25) is 4.98 Å². The fourth-order valence-corrected chi connectivity index (χ4v) is 4.16. The molecule has 5 nitrogen and oxygen atoms in total. The average Bonchev–Trinajstić information content (AvgIpc) is 3.00. The number of rotatable bonds is 2. The van der Waals surface area contributed by atoms with Crippen molar-refractivity contribution in [2.45, 2.75) is 11.1 Å². The van der Waals surface area contributed by atoms with Crippen LogP contribution in [0.1, 0.15) is 16.8 Å². The van der Waals surface area contributed by atoms with Gasteiger partial charge in [0, 0.05) is 11.8 Å². The Morgan fingerprint density at radius 3 is 2.75 bits per heavy atom. The molecule has 3 aromatic rings. The van der Waals surface area contributed by atoms with Crippen molar-refractivity contribution in [3.63, 3.8) is 0 Å². The molecule has 0 spiro atoms. The fourth-order valence-electron chi connectivity index (χ4n) is 2.82. The van der Waals surface area contributed by atoms with Gasteiger partial charge in [-0.25, -0.2) is 9.78 Å². The summed E-state index contributed by atoms with van der Waals surface area (Å²) in [6, 6.07) is 12.5. The molecule has 0 bridgehead atoms. The molecule has 3 heterocycles. The Morgan fingerprint density at radius 1 is 1.25 bits per heavy atom. The number of H-pyrrole nitrogens is 1. The SMILES string of the molecule is O=c1c(-c2ccccc2)c([O-])[nH]c2[n+]1C(c1ccc(Cl)nc1)SC2. The summed E-state index contributed by atoms with van der Waals surface area (Å²) in [5, 5.41) is 12.6. The smallest absolute Gasteiger partial charge is 0.345 e. The van der Waals surface area contributed by atoms with Gasteiger partial charge in [-0.15, -0.1) is 0 Å². The molecule has 0 saturated carbocycles. The number of nitrogens with zero attached hydrogens (tertiary/aromatic N) is 2. The summed E-state index contributed by atoms with van der Waals surface area (Å²) in [7, 11) is 0. The molecule has 0 fully saturated rings. The highest BCUT2D eigenvalue weighted by Gasteiger charge is 2.35. The van der Waals surface area contributed by atoms with Gasteiger partial charge in [0.05, 0.1) is 11.6 Å². The van der Waals surface area contributed by atoms with Crippen LogP contribution in [0.2, 0.25) is 5.15 Å². The number of pyridine rings is 1. The molecular weight excluding hydrogens is 346 g/mol. The van der Waals surface area contributed by atoms with Crippen molar-refractivity contribution in [1.29, 1.82) is 0 Å². The van der Waals surface area contributed by atoms with E-state index in [1.54, 1.807) is 52.9 Å². The van der Waals surface area contributed by atoms with Crippen molar-refractivity contribution in [3.05, 3.63) is 75.6 Å². The van der Waals surface area contributed by atoms with E-state index in [4.69, 9.17) is 11.6 Å². The molecule has 1 aliphatic rings. The number of hydrogen-bond acceptors (Lipinski definition) is 4. The molecule has 1 aliphatic heterocycles. The first-order valence-electron chi connectivity index (χ1n) is 7.31. The molecule has 0 radical (unpaired) electrons. The van der Waals surface area contributed by atoms with E-state index in [1.807, 2.05) is 12.1 Å². The van der Waals surface area contributed by atoms with Crippen LogP contribution in [0.25, 0.3) is 11.1 Å². The van der Waals surface area contributed by atoms with E-state index in [1.165, 1.54) is 0 Å². The third-order valence-electron chi connectivity index (χ3n) is 3.92.